The monoisotopic (exact) mass is 399 g/mol. The van der Waals surface area contributed by atoms with Crippen molar-refractivity contribution in [1.29, 1.82) is 0 Å². The molecule has 1 saturated carbocycles. The Hall–Kier alpha value is -2.25. The van der Waals surface area contributed by atoms with Crippen molar-refractivity contribution in [2.24, 2.45) is 11.8 Å². The molecule has 6 nitrogen and oxygen atoms in total. The number of fused-ring (bicyclic) bond motifs is 2. The first kappa shape index (κ1) is 19.1. The largest absolute Gasteiger partial charge is 0.481 e. The van der Waals surface area contributed by atoms with Gasteiger partial charge in [-0.05, 0) is 54.7 Å². The number of hydrogen-bond donors (Lipinski definition) is 1. The first-order chi connectivity index (χ1) is 13.5. The van der Waals surface area contributed by atoms with E-state index in [-0.39, 0.29) is 17.7 Å². The van der Waals surface area contributed by atoms with Crippen molar-refractivity contribution in [1.82, 2.24) is 15.2 Å². The molecule has 4 rings (SSSR count). The lowest BCUT2D eigenvalue weighted by Crippen LogP contribution is -2.52. The molecule has 2 aromatic heterocycles. The number of ketones is 1. The molecule has 0 aromatic carbocycles. The van der Waals surface area contributed by atoms with E-state index < -0.39 is 0 Å². The van der Waals surface area contributed by atoms with E-state index in [1.165, 1.54) is 16.9 Å². The van der Waals surface area contributed by atoms with Crippen LogP contribution in [0.1, 0.15) is 45.4 Å². The van der Waals surface area contributed by atoms with E-state index in [0.717, 1.165) is 37.4 Å². The van der Waals surface area contributed by atoms with Crippen LogP contribution in [0.15, 0.2) is 29.8 Å². The molecule has 0 radical (unpaired) electrons. The molecule has 3 heterocycles. The third-order valence-electron chi connectivity index (χ3n) is 5.82. The number of aromatic nitrogens is 1. The van der Waals surface area contributed by atoms with Gasteiger partial charge in [0.05, 0.1) is 12.0 Å². The van der Waals surface area contributed by atoms with E-state index in [9.17, 15) is 9.59 Å². The number of rotatable bonds is 6. The van der Waals surface area contributed by atoms with Crippen molar-refractivity contribution >= 4 is 23.0 Å². The standard InChI is InChI=1S/C21H25N3O3S/c1-13(25)18-7-14(12-28-18)9-24-10-16-3-4-17(11-24)20(16)23-21(26)15-5-6-22-19(8-15)27-2/h5-8,12,16-17,20H,3-4,9-11H2,1-2H3,(H,23,26)/t16-,17+,20?. The van der Waals surface area contributed by atoms with Gasteiger partial charge in [-0.1, -0.05) is 0 Å². The minimum Gasteiger partial charge on any atom is -0.481 e. The van der Waals surface area contributed by atoms with Crippen LogP contribution >= 0.6 is 11.3 Å². The molecule has 2 aliphatic rings. The smallest absolute Gasteiger partial charge is 0.251 e. The second kappa shape index (κ2) is 8.01. The van der Waals surface area contributed by atoms with Crippen LogP contribution in [-0.4, -0.2) is 47.8 Å². The molecule has 1 aliphatic carbocycles. The first-order valence-electron chi connectivity index (χ1n) is 9.65. The normalized spacial score (nSPS) is 24.1. The zero-order valence-electron chi connectivity index (χ0n) is 16.2. The molecule has 1 unspecified atom stereocenters. The van der Waals surface area contributed by atoms with Gasteiger partial charge in [0.1, 0.15) is 0 Å². The van der Waals surface area contributed by atoms with E-state index in [0.29, 0.717) is 23.3 Å². The summed E-state index contributed by atoms with van der Waals surface area (Å²) in [6, 6.07) is 5.63. The number of thiophene rings is 1. The van der Waals surface area contributed by atoms with Crippen molar-refractivity contribution in [2.75, 3.05) is 20.2 Å². The van der Waals surface area contributed by atoms with Crippen LogP contribution < -0.4 is 10.1 Å². The fourth-order valence-corrected chi connectivity index (χ4v) is 5.29. The van der Waals surface area contributed by atoms with Gasteiger partial charge in [-0.25, -0.2) is 4.98 Å². The van der Waals surface area contributed by atoms with Gasteiger partial charge in [-0.2, -0.15) is 0 Å². The summed E-state index contributed by atoms with van der Waals surface area (Å²) in [5.41, 5.74) is 1.80. The van der Waals surface area contributed by atoms with Gasteiger partial charge in [0.2, 0.25) is 5.88 Å². The highest BCUT2D eigenvalue weighted by molar-refractivity contribution is 7.12. The fourth-order valence-electron chi connectivity index (χ4n) is 4.48. The molecular weight excluding hydrogens is 374 g/mol. The highest BCUT2D eigenvalue weighted by Gasteiger charge is 2.42. The summed E-state index contributed by atoms with van der Waals surface area (Å²) in [6.07, 6.45) is 3.89. The van der Waals surface area contributed by atoms with Crippen LogP contribution in [0.25, 0.3) is 0 Å². The van der Waals surface area contributed by atoms with Crippen molar-refractivity contribution in [3.05, 3.63) is 45.8 Å². The number of pyridine rings is 1. The number of piperidine rings is 1. The Morgan fingerprint density at radius 2 is 2.04 bits per heavy atom. The average molecular weight is 400 g/mol. The van der Waals surface area contributed by atoms with Crippen LogP contribution in [0.2, 0.25) is 0 Å². The number of nitrogens with one attached hydrogen (secondary N) is 1. The molecule has 0 spiro atoms. The summed E-state index contributed by atoms with van der Waals surface area (Å²) in [7, 11) is 1.55. The van der Waals surface area contributed by atoms with Crippen molar-refractivity contribution in [3.8, 4) is 5.88 Å². The van der Waals surface area contributed by atoms with E-state index in [4.69, 9.17) is 4.74 Å². The van der Waals surface area contributed by atoms with Gasteiger partial charge in [-0.3, -0.25) is 14.5 Å². The SMILES string of the molecule is COc1cc(C(=O)NC2[C@@H]3CC[C@H]2CN(Cc2csc(C(C)=O)c2)C3)ccn1. The number of likely N-dealkylation sites (tertiary alicyclic amines) is 1. The number of hydrogen-bond acceptors (Lipinski definition) is 6. The Bertz CT molecular complexity index is 867. The molecule has 1 aliphatic heterocycles. The molecule has 1 amide bonds. The number of nitrogens with zero attached hydrogens (tertiary/aromatic N) is 2. The van der Waals surface area contributed by atoms with E-state index in [2.05, 4.69) is 20.6 Å². The number of methoxy groups -OCH3 is 1. The van der Waals surface area contributed by atoms with E-state index in [1.807, 2.05) is 6.07 Å². The molecule has 2 fully saturated rings. The molecule has 148 valence electrons. The summed E-state index contributed by atoms with van der Waals surface area (Å²) >= 11 is 1.52. The van der Waals surface area contributed by atoms with Crippen molar-refractivity contribution in [2.45, 2.75) is 32.4 Å². The summed E-state index contributed by atoms with van der Waals surface area (Å²) < 4.78 is 5.12. The van der Waals surface area contributed by atoms with Gasteiger partial charge in [-0.15, -0.1) is 11.3 Å². The van der Waals surface area contributed by atoms with Gasteiger partial charge < -0.3 is 10.1 Å². The zero-order chi connectivity index (χ0) is 19.7. The molecule has 28 heavy (non-hydrogen) atoms. The Balaban J connectivity index is 1.38. The predicted octanol–water partition coefficient (Wildman–Crippen LogP) is 2.99. The lowest BCUT2D eigenvalue weighted by atomic mass is 9.91. The minimum absolute atomic E-state index is 0.0556. The molecule has 1 N–H and O–H groups in total. The first-order valence-corrected chi connectivity index (χ1v) is 10.5. The van der Waals surface area contributed by atoms with Crippen LogP contribution in [-0.2, 0) is 6.54 Å². The maximum atomic E-state index is 12.7. The number of carbonyl (C=O) groups is 2. The predicted molar refractivity (Wildman–Crippen MR) is 108 cm³/mol. The second-order valence-electron chi connectivity index (χ2n) is 7.75. The Morgan fingerprint density at radius 3 is 2.68 bits per heavy atom. The lowest BCUT2D eigenvalue weighted by Gasteiger charge is -2.38. The number of ether oxygens (including phenoxy) is 1. The topological polar surface area (TPSA) is 71.5 Å². The van der Waals surface area contributed by atoms with Crippen LogP contribution in [0.5, 0.6) is 5.88 Å². The van der Waals surface area contributed by atoms with Crippen LogP contribution in [0, 0.1) is 11.8 Å². The highest BCUT2D eigenvalue weighted by Crippen LogP contribution is 2.37. The Labute approximate surface area is 168 Å². The summed E-state index contributed by atoms with van der Waals surface area (Å²) in [5.74, 6) is 1.46. The highest BCUT2D eigenvalue weighted by atomic mass is 32.1. The molecule has 1 saturated heterocycles. The second-order valence-corrected chi connectivity index (χ2v) is 8.66. The minimum atomic E-state index is -0.0556. The van der Waals surface area contributed by atoms with Gasteiger partial charge in [0.15, 0.2) is 5.78 Å². The fraction of sp³-hybridized carbons (Fsp3) is 0.476. The zero-order valence-corrected chi connectivity index (χ0v) is 17.0. The lowest BCUT2D eigenvalue weighted by molar-refractivity contribution is 0.0824. The molecule has 3 atom stereocenters. The third-order valence-corrected chi connectivity index (χ3v) is 6.90. The van der Waals surface area contributed by atoms with Gasteiger partial charge in [0.25, 0.3) is 5.91 Å². The number of carbonyl (C=O) groups excluding carboxylic acids is 2. The number of amides is 1. The van der Waals surface area contributed by atoms with E-state index in [1.54, 1.807) is 32.4 Å². The molecule has 7 heteroatoms. The van der Waals surface area contributed by atoms with Crippen molar-refractivity contribution in [3.63, 3.8) is 0 Å². The molecule has 2 bridgehead atoms. The van der Waals surface area contributed by atoms with Gasteiger partial charge >= 0.3 is 0 Å². The summed E-state index contributed by atoms with van der Waals surface area (Å²) in [6.45, 7) is 4.44. The Kier molecular flexibility index (Phi) is 5.46. The van der Waals surface area contributed by atoms with Crippen molar-refractivity contribution < 1.29 is 14.3 Å². The Morgan fingerprint density at radius 1 is 1.29 bits per heavy atom. The maximum Gasteiger partial charge on any atom is 0.251 e. The maximum absolute atomic E-state index is 12.7. The molecule has 2 aromatic rings. The quantitative estimate of drug-likeness (QED) is 0.756. The summed E-state index contributed by atoms with van der Waals surface area (Å²) in [4.78, 5) is 31.6. The summed E-state index contributed by atoms with van der Waals surface area (Å²) in [5, 5.41) is 5.35. The van der Waals surface area contributed by atoms with Gasteiger partial charge in [0, 0.05) is 43.5 Å². The average Bonchev–Trinajstić information content (AvgIpc) is 3.24. The van der Waals surface area contributed by atoms with E-state index >= 15 is 0 Å². The van der Waals surface area contributed by atoms with Crippen LogP contribution in [0.3, 0.4) is 0 Å². The third kappa shape index (κ3) is 3.95. The number of Topliss-reactive ketones (excluding diaryl/α,β-unsaturated/α-hetero) is 1. The van der Waals surface area contributed by atoms with Crippen LogP contribution in [0.4, 0.5) is 0 Å². The molecular formula is C21H25N3O3S.